The predicted octanol–water partition coefficient (Wildman–Crippen LogP) is 1.41. The van der Waals surface area contributed by atoms with Gasteiger partial charge in [-0.05, 0) is 11.6 Å². The van der Waals surface area contributed by atoms with Crippen molar-refractivity contribution in [2.75, 3.05) is 6.61 Å². The maximum absolute atomic E-state index is 11.8. The van der Waals surface area contributed by atoms with Gasteiger partial charge >= 0.3 is 12.0 Å². The van der Waals surface area contributed by atoms with Crippen LogP contribution in [0, 0.1) is 10.1 Å². The van der Waals surface area contributed by atoms with Gasteiger partial charge in [-0.15, -0.1) is 0 Å². The lowest BCUT2D eigenvalue weighted by Crippen LogP contribution is -2.44. The van der Waals surface area contributed by atoms with Crippen LogP contribution in [0.2, 0.25) is 5.02 Å². The van der Waals surface area contributed by atoms with Crippen molar-refractivity contribution in [1.29, 1.82) is 0 Å². The van der Waals surface area contributed by atoms with E-state index in [0.29, 0.717) is 11.3 Å². The van der Waals surface area contributed by atoms with E-state index in [-0.39, 0.29) is 22.9 Å². The third-order valence-electron chi connectivity index (χ3n) is 3.22. The van der Waals surface area contributed by atoms with Gasteiger partial charge in [0.2, 0.25) is 0 Å². The van der Waals surface area contributed by atoms with Gasteiger partial charge in [0, 0.05) is 6.07 Å². The second-order valence-electron chi connectivity index (χ2n) is 4.47. The Kier molecular flexibility index (Phi) is 3.02. The Hall–Kier alpha value is -2.61. The molecule has 1 atom stereocenters. The van der Waals surface area contributed by atoms with Gasteiger partial charge in [0.15, 0.2) is 0 Å². The van der Waals surface area contributed by atoms with Crippen LogP contribution in [0.4, 0.5) is 10.5 Å². The van der Waals surface area contributed by atoms with E-state index in [2.05, 4.69) is 10.6 Å². The number of halogens is 1. The molecule has 21 heavy (non-hydrogen) atoms. The normalized spacial score (nSPS) is 20.5. The van der Waals surface area contributed by atoms with Crippen LogP contribution in [-0.2, 0) is 9.53 Å². The summed E-state index contributed by atoms with van der Waals surface area (Å²) >= 11 is 5.75. The van der Waals surface area contributed by atoms with Gasteiger partial charge in [-0.3, -0.25) is 10.1 Å². The molecule has 1 aromatic rings. The number of nitro benzene ring substituents is 1. The highest BCUT2D eigenvalue weighted by atomic mass is 35.5. The molecule has 0 saturated carbocycles. The van der Waals surface area contributed by atoms with E-state index in [1.165, 1.54) is 18.2 Å². The van der Waals surface area contributed by atoms with Crippen molar-refractivity contribution < 1.29 is 19.2 Å². The van der Waals surface area contributed by atoms with Crippen molar-refractivity contribution in [3.05, 3.63) is 50.2 Å². The highest BCUT2D eigenvalue weighted by Gasteiger charge is 2.38. The minimum atomic E-state index is -0.806. The molecule has 0 fully saturated rings. The summed E-state index contributed by atoms with van der Waals surface area (Å²) in [4.78, 5) is 33.7. The lowest BCUT2D eigenvalue weighted by atomic mass is 9.96. The number of hydrogen-bond donors (Lipinski definition) is 2. The molecule has 3 rings (SSSR count). The minimum Gasteiger partial charge on any atom is -0.456 e. The first-order valence-corrected chi connectivity index (χ1v) is 6.26. The average molecular weight is 310 g/mol. The average Bonchev–Trinajstić information content (AvgIpc) is 2.79. The van der Waals surface area contributed by atoms with Gasteiger partial charge in [0.05, 0.1) is 22.2 Å². The second kappa shape index (κ2) is 4.74. The van der Waals surface area contributed by atoms with E-state index in [4.69, 9.17) is 16.3 Å². The highest BCUT2D eigenvalue weighted by Crippen LogP contribution is 2.34. The molecule has 9 heteroatoms. The van der Waals surface area contributed by atoms with Crippen LogP contribution in [-0.4, -0.2) is 23.5 Å². The Balaban J connectivity index is 2.09. The van der Waals surface area contributed by atoms with Gasteiger partial charge in [-0.1, -0.05) is 17.7 Å². The first-order chi connectivity index (χ1) is 9.97. The summed E-state index contributed by atoms with van der Waals surface area (Å²) in [6.07, 6.45) is 0. The second-order valence-corrected chi connectivity index (χ2v) is 4.87. The zero-order valence-electron chi connectivity index (χ0n) is 10.4. The van der Waals surface area contributed by atoms with E-state index in [0.717, 1.165) is 0 Å². The van der Waals surface area contributed by atoms with Crippen LogP contribution in [0.25, 0.3) is 0 Å². The zero-order chi connectivity index (χ0) is 15.1. The lowest BCUT2D eigenvalue weighted by molar-refractivity contribution is -0.384. The molecule has 2 heterocycles. The monoisotopic (exact) mass is 309 g/mol. The summed E-state index contributed by atoms with van der Waals surface area (Å²) in [5.74, 6) is -0.569. The maximum atomic E-state index is 11.8. The summed E-state index contributed by atoms with van der Waals surface area (Å²) in [5, 5.41) is 15.9. The van der Waals surface area contributed by atoms with Crippen LogP contribution < -0.4 is 10.6 Å². The number of amides is 2. The number of nitrogens with zero attached hydrogens (tertiary/aromatic N) is 1. The van der Waals surface area contributed by atoms with Gasteiger partial charge in [-0.2, -0.15) is 0 Å². The number of benzene rings is 1. The smallest absolute Gasteiger partial charge is 0.338 e. The Morgan fingerprint density at radius 2 is 2.14 bits per heavy atom. The quantitative estimate of drug-likeness (QED) is 0.487. The van der Waals surface area contributed by atoms with Crippen LogP contribution >= 0.6 is 11.6 Å². The molecule has 2 N–H and O–H groups in total. The molecule has 0 saturated heterocycles. The number of urea groups is 1. The number of ether oxygens (including phenoxy) is 1. The van der Waals surface area contributed by atoms with E-state index in [9.17, 15) is 19.7 Å². The lowest BCUT2D eigenvalue weighted by Gasteiger charge is -2.24. The van der Waals surface area contributed by atoms with Crippen molar-refractivity contribution >= 4 is 29.3 Å². The minimum absolute atomic E-state index is 0.0201. The number of rotatable bonds is 2. The van der Waals surface area contributed by atoms with Gasteiger partial charge in [0.25, 0.3) is 5.69 Å². The summed E-state index contributed by atoms with van der Waals surface area (Å²) in [7, 11) is 0. The number of carbonyl (C=O) groups is 2. The van der Waals surface area contributed by atoms with Crippen molar-refractivity contribution in [2.45, 2.75) is 6.04 Å². The molecular formula is C12H8ClN3O5. The van der Waals surface area contributed by atoms with Gasteiger partial charge < -0.3 is 15.4 Å². The van der Waals surface area contributed by atoms with Crippen molar-refractivity contribution in [3.63, 3.8) is 0 Å². The molecule has 108 valence electrons. The van der Waals surface area contributed by atoms with Crippen molar-refractivity contribution in [3.8, 4) is 0 Å². The first-order valence-electron chi connectivity index (χ1n) is 5.89. The van der Waals surface area contributed by atoms with Gasteiger partial charge in [-0.25, -0.2) is 9.59 Å². The molecule has 0 radical (unpaired) electrons. The molecule has 2 amide bonds. The third-order valence-corrected chi connectivity index (χ3v) is 3.54. The number of nitro groups is 1. The van der Waals surface area contributed by atoms with Crippen LogP contribution in [0.1, 0.15) is 11.6 Å². The summed E-state index contributed by atoms with van der Waals surface area (Å²) in [6.45, 7) is -0.0201. The molecule has 0 spiro atoms. The fraction of sp³-hybridized carbons (Fsp3) is 0.167. The zero-order valence-corrected chi connectivity index (χ0v) is 11.1. The molecule has 0 bridgehead atoms. The first kappa shape index (κ1) is 13.4. The maximum Gasteiger partial charge on any atom is 0.338 e. The van der Waals surface area contributed by atoms with Crippen LogP contribution in [0.5, 0.6) is 0 Å². The number of carbonyl (C=O) groups excluding carboxylic acids is 2. The van der Waals surface area contributed by atoms with E-state index >= 15 is 0 Å². The van der Waals surface area contributed by atoms with Gasteiger partial charge in [0.1, 0.15) is 11.6 Å². The molecule has 2 aliphatic heterocycles. The summed E-state index contributed by atoms with van der Waals surface area (Å²) in [5.41, 5.74) is 0.695. The molecule has 8 nitrogen and oxygen atoms in total. The fourth-order valence-corrected chi connectivity index (χ4v) is 2.47. The number of hydrogen-bond acceptors (Lipinski definition) is 5. The van der Waals surface area contributed by atoms with Crippen LogP contribution in [0.15, 0.2) is 29.5 Å². The SMILES string of the molecule is O=C1NC2=C(C(=O)OC2)[C@@H](c2ccc(Cl)c([N+](=O)[O-])c2)N1. The van der Waals surface area contributed by atoms with Crippen molar-refractivity contribution in [2.24, 2.45) is 0 Å². The topological polar surface area (TPSA) is 111 Å². The van der Waals surface area contributed by atoms with Crippen molar-refractivity contribution in [1.82, 2.24) is 10.6 Å². The number of cyclic esters (lactones) is 1. The molecular weight excluding hydrogens is 302 g/mol. The van der Waals surface area contributed by atoms with E-state index in [1.807, 2.05) is 0 Å². The Morgan fingerprint density at radius 3 is 2.86 bits per heavy atom. The largest absolute Gasteiger partial charge is 0.456 e. The Morgan fingerprint density at radius 1 is 1.38 bits per heavy atom. The molecule has 2 aliphatic rings. The predicted molar refractivity (Wildman–Crippen MR) is 70.5 cm³/mol. The Labute approximate surface area is 122 Å². The molecule has 0 unspecified atom stereocenters. The summed E-state index contributed by atoms with van der Waals surface area (Å²) < 4.78 is 4.87. The molecule has 1 aromatic carbocycles. The number of esters is 1. The van der Waals surface area contributed by atoms with E-state index in [1.54, 1.807) is 0 Å². The summed E-state index contributed by atoms with van der Waals surface area (Å²) in [6, 6.07) is 2.79. The van der Waals surface area contributed by atoms with Crippen LogP contribution in [0.3, 0.4) is 0 Å². The molecule has 0 aromatic heterocycles. The highest BCUT2D eigenvalue weighted by molar-refractivity contribution is 6.32. The fourth-order valence-electron chi connectivity index (χ4n) is 2.29. The Bertz CT molecular complexity index is 715. The molecule has 0 aliphatic carbocycles. The van der Waals surface area contributed by atoms with E-state index < -0.39 is 23.0 Å². The standard InChI is InChI=1S/C12H8ClN3O5/c13-6-2-1-5(3-8(6)16(19)20)10-9-7(4-21-11(9)17)14-12(18)15-10/h1-3,10H,4H2,(H2,14,15,18)/t10-/m1/s1. The number of nitrogens with one attached hydrogen (secondary N) is 2. The third kappa shape index (κ3) is 2.19.